The van der Waals surface area contributed by atoms with Crippen molar-refractivity contribution in [2.24, 2.45) is 5.92 Å². The Hall–Kier alpha value is -3.20. The molecule has 3 amide bonds. The fraction of sp³-hybridized carbons (Fsp3) is 0.629. The molecular formula is C35H48ClN3O10. The van der Waals surface area contributed by atoms with Crippen LogP contribution in [-0.2, 0) is 39.7 Å². The SMILES string of the molecule is COc1cc2cc(c1Cl)N(C)C(=O)C[C@@H]1OC(C)([C@H](C)N(C)C(C)=O)O[C@@]3(O[C@@]13C)[C@H](C)[C@@H]1C[C@@](O)(NC(=O)O1)[C@H](OC)/C=C/C=C(\C)C2. The third-order valence-corrected chi connectivity index (χ3v) is 11.1. The summed E-state index contributed by atoms with van der Waals surface area (Å²) in [5.41, 5.74) is -0.787. The molecular weight excluding hydrogens is 658 g/mol. The summed E-state index contributed by atoms with van der Waals surface area (Å²) in [4.78, 5) is 42.6. The zero-order valence-electron chi connectivity index (χ0n) is 29.8. The van der Waals surface area contributed by atoms with Crippen LogP contribution in [0.15, 0.2) is 35.9 Å². The van der Waals surface area contributed by atoms with E-state index < -0.39 is 59.3 Å². The Labute approximate surface area is 292 Å². The van der Waals surface area contributed by atoms with Crippen LogP contribution in [0.5, 0.6) is 5.75 Å². The third kappa shape index (κ3) is 6.45. The molecule has 1 aromatic rings. The van der Waals surface area contributed by atoms with Gasteiger partial charge in [0.2, 0.25) is 17.6 Å². The Morgan fingerprint density at radius 1 is 1.22 bits per heavy atom. The van der Waals surface area contributed by atoms with Gasteiger partial charge in [-0.2, -0.15) is 0 Å². The number of hydrogen-bond acceptors (Lipinski definition) is 10. The molecule has 2 N–H and O–H groups in total. The second-order valence-corrected chi connectivity index (χ2v) is 14.3. The highest BCUT2D eigenvalue weighted by molar-refractivity contribution is 6.35. The number of carbonyl (C=O) groups is 3. The molecule has 6 bridgehead atoms. The molecule has 0 saturated carbocycles. The number of epoxide rings is 1. The van der Waals surface area contributed by atoms with E-state index in [-0.39, 0.29) is 29.7 Å². The topological polar surface area (TPSA) is 149 Å². The van der Waals surface area contributed by atoms with E-state index in [1.54, 1.807) is 53.9 Å². The lowest BCUT2D eigenvalue weighted by atomic mass is 9.80. The number of fused-ring (bicyclic) bond motifs is 4. The fourth-order valence-electron chi connectivity index (χ4n) is 7.26. The number of aliphatic hydroxyl groups is 1. The number of methoxy groups -OCH3 is 2. The van der Waals surface area contributed by atoms with E-state index in [1.165, 1.54) is 30.9 Å². The Balaban J connectivity index is 1.65. The van der Waals surface area contributed by atoms with Gasteiger partial charge in [0.05, 0.1) is 31.2 Å². The Morgan fingerprint density at radius 3 is 2.55 bits per heavy atom. The molecule has 13 nitrogen and oxygen atoms in total. The van der Waals surface area contributed by atoms with Crippen LogP contribution in [0.4, 0.5) is 10.5 Å². The standard InChI is InChI=1S/C35H48ClN3O10/c1-19-12-11-13-27(45-10)34(43)18-26(46-31(42)37-34)20(2)35-32(5,48-35)28(47-33(6,49-35)21(3)38(7)22(4)40)17-29(41)39(8)24-15-23(14-19)16-25(44-9)30(24)36/h11-13,15-16,20-21,26-28,43H,14,17-18H2,1-10H3,(H,37,42)/b13-11+,19-12+/t20-,21+,26+,27-,28+,32+,33?,34+,35+/m1/s1. The van der Waals surface area contributed by atoms with Crippen LogP contribution in [0, 0.1) is 5.92 Å². The highest BCUT2D eigenvalue weighted by Gasteiger charge is 2.81. The van der Waals surface area contributed by atoms with Gasteiger partial charge in [0.25, 0.3) is 0 Å². The summed E-state index contributed by atoms with van der Waals surface area (Å²) in [6.07, 6.45) is 1.98. The molecule has 4 aliphatic heterocycles. The predicted octanol–water partition coefficient (Wildman–Crippen LogP) is 4.08. The van der Waals surface area contributed by atoms with Crippen LogP contribution in [0.2, 0.25) is 5.02 Å². The number of anilines is 1. The summed E-state index contributed by atoms with van der Waals surface area (Å²) in [6, 6.07) is 3.03. The number of carbonyl (C=O) groups excluding carboxylic acids is 3. The average Bonchev–Trinajstić information content (AvgIpc) is 3.67. The number of nitrogens with one attached hydrogen (secondary N) is 1. The second-order valence-electron chi connectivity index (χ2n) is 13.9. The van der Waals surface area contributed by atoms with E-state index in [1.807, 2.05) is 25.1 Å². The quantitative estimate of drug-likeness (QED) is 0.439. The molecule has 49 heavy (non-hydrogen) atoms. The Morgan fingerprint density at radius 2 is 1.92 bits per heavy atom. The summed E-state index contributed by atoms with van der Waals surface area (Å²) >= 11 is 6.77. The summed E-state index contributed by atoms with van der Waals surface area (Å²) in [6.45, 7) is 10.4. The fourth-order valence-corrected chi connectivity index (χ4v) is 7.57. The van der Waals surface area contributed by atoms with Crippen LogP contribution in [0.25, 0.3) is 0 Å². The maximum absolute atomic E-state index is 14.2. The molecule has 270 valence electrons. The molecule has 0 aromatic heterocycles. The van der Waals surface area contributed by atoms with Crippen molar-refractivity contribution in [3.8, 4) is 5.75 Å². The zero-order chi connectivity index (χ0) is 36.3. The van der Waals surface area contributed by atoms with E-state index in [0.717, 1.165) is 11.1 Å². The van der Waals surface area contributed by atoms with Crippen molar-refractivity contribution in [2.75, 3.05) is 33.2 Å². The van der Waals surface area contributed by atoms with Gasteiger partial charge in [0.15, 0.2) is 11.5 Å². The molecule has 0 radical (unpaired) electrons. The number of halogens is 1. The van der Waals surface area contributed by atoms with Gasteiger partial charge >= 0.3 is 6.09 Å². The number of benzene rings is 1. The molecule has 9 atom stereocenters. The zero-order valence-corrected chi connectivity index (χ0v) is 30.5. The lowest BCUT2D eigenvalue weighted by Gasteiger charge is -2.50. The number of allylic oxidation sites excluding steroid dienone is 3. The van der Waals surface area contributed by atoms with Crippen molar-refractivity contribution >= 4 is 35.2 Å². The minimum absolute atomic E-state index is 0.0765. The number of nitrogens with zero attached hydrogens (tertiary/aromatic N) is 2. The lowest BCUT2D eigenvalue weighted by molar-refractivity contribution is -0.349. The average molecular weight is 706 g/mol. The van der Waals surface area contributed by atoms with Crippen LogP contribution < -0.4 is 15.0 Å². The largest absolute Gasteiger partial charge is 0.495 e. The summed E-state index contributed by atoms with van der Waals surface area (Å²) in [5.74, 6) is -3.73. The maximum atomic E-state index is 14.2. The number of ether oxygens (including phenoxy) is 6. The molecule has 0 spiro atoms. The highest BCUT2D eigenvalue weighted by atomic mass is 35.5. The smallest absolute Gasteiger partial charge is 0.409 e. The molecule has 3 fully saturated rings. The van der Waals surface area contributed by atoms with Gasteiger partial charge in [-0.15, -0.1) is 0 Å². The third-order valence-electron chi connectivity index (χ3n) is 10.7. The van der Waals surface area contributed by atoms with Crippen LogP contribution >= 0.6 is 11.6 Å². The van der Waals surface area contributed by atoms with Gasteiger partial charge in [0.1, 0.15) is 34.7 Å². The monoisotopic (exact) mass is 705 g/mol. The molecule has 4 heterocycles. The van der Waals surface area contributed by atoms with E-state index in [9.17, 15) is 19.5 Å². The van der Waals surface area contributed by atoms with Crippen molar-refractivity contribution < 1.29 is 47.9 Å². The van der Waals surface area contributed by atoms with E-state index in [4.69, 9.17) is 40.0 Å². The number of likely N-dealkylation sites (N-methyl/N-ethyl adjacent to an activating group) is 1. The Kier molecular flexibility index (Phi) is 9.96. The number of alkyl carbamates (subject to hydrolysis) is 1. The first-order chi connectivity index (χ1) is 22.8. The maximum Gasteiger partial charge on any atom is 0.409 e. The number of amides is 3. The summed E-state index contributed by atoms with van der Waals surface area (Å²) < 4.78 is 36.9. The van der Waals surface area contributed by atoms with Crippen molar-refractivity contribution in [3.05, 3.63) is 46.5 Å². The first-order valence-corrected chi connectivity index (χ1v) is 16.7. The molecule has 0 aliphatic carbocycles. The molecule has 1 unspecified atom stereocenters. The lowest BCUT2D eigenvalue weighted by Crippen LogP contribution is -2.67. The first kappa shape index (κ1) is 37.1. The number of rotatable bonds is 4. The van der Waals surface area contributed by atoms with Crippen molar-refractivity contribution in [3.63, 3.8) is 0 Å². The molecule has 5 rings (SSSR count). The molecule has 3 saturated heterocycles. The van der Waals surface area contributed by atoms with Gasteiger partial charge < -0.3 is 43.3 Å². The minimum Gasteiger partial charge on any atom is -0.495 e. The van der Waals surface area contributed by atoms with Gasteiger partial charge in [-0.05, 0) is 51.8 Å². The van der Waals surface area contributed by atoms with Crippen molar-refractivity contribution in [1.29, 1.82) is 0 Å². The summed E-state index contributed by atoms with van der Waals surface area (Å²) in [7, 11) is 6.23. The highest BCUT2D eigenvalue weighted by Crippen LogP contribution is 2.64. The van der Waals surface area contributed by atoms with E-state index >= 15 is 0 Å². The number of hydrogen-bond donors (Lipinski definition) is 2. The van der Waals surface area contributed by atoms with Gasteiger partial charge in [-0.1, -0.05) is 42.3 Å². The van der Waals surface area contributed by atoms with Gasteiger partial charge in [-0.25, -0.2) is 4.79 Å². The second kappa shape index (κ2) is 13.2. The van der Waals surface area contributed by atoms with Gasteiger partial charge in [-0.3, -0.25) is 14.9 Å². The minimum atomic E-state index is -1.85. The molecule has 1 aromatic carbocycles. The normalized spacial score (nSPS) is 38.6. The summed E-state index contributed by atoms with van der Waals surface area (Å²) in [5, 5.41) is 14.7. The predicted molar refractivity (Wildman–Crippen MR) is 180 cm³/mol. The van der Waals surface area contributed by atoms with Crippen LogP contribution in [0.3, 0.4) is 0 Å². The van der Waals surface area contributed by atoms with Crippen molar-refractivity contribution in [2.45, 2.75) is 108 Å². The van der Waals surface area contributed by atoms with E-state index in [2.05, 4.69) is 5.32 Å². The van der Waals surface area contributed by atoms with Crippen LogP contribution in [0.1, 0.15) is 59.9 Å². The first-order valence-electron chi connectivity index (χ1n) is 16.4. The molecule has 4 aliphatic rings. The van der Waals surface area contributed by atoms with Gasteiger partial charge in [0, 0.05) is 34.5 Å². The molecule has 14 heteroatoms. The van der Waals surface area contributed by atoms with Crippen LogP contribution in [-0.4, -0.2) is 103 Å². The van der Waals surface area contributed by atoms with Crippen molar-refractivity contribution in [1.82, 2.24) is 10.2 Å². The van der Waals surface area contributed by atoms with E-state index in [0.29, 0.717) is 17.9 Å². The Bertz CT molecular complexity index is 1570.